The summed E-state index contributed by atoms with van der Waals surface area (Å²) in [5.74, 6) is 0.376. The average Bonchev–Trinajstić information content (AvgIpc) is 2.74. The van der Waals surface area contributed by atoms with Crippen molar-refractivity contribution in [2.45, 2.75) is 19.9 Å². The number of imidazole rings is 1. The van der Waals surface area contributed by atoms with Crippen molar-refractivity contribution >= 4 is 11.2 Å². The molecule has 0 aliphatic heterocycles. The van der Waals surface area contributed by atoms with Crippen LogP contribution in [0, 0.1) is 12.8 Å². The highest BCUT2D eigenvalue weighted by Gasteiger charge is 2.11. The van der Waals surface area contributed by atoms with Crippen LogP contribution in [0.3, 0.4) is 0 Å². The maximum atomic E-state index is 11.6. The minimum atomic E-state index is -0.253. The van der Waals surface area contributed by atoms with Crippen molar-refractivity contribution in [3.8, 4) is 0 Å². The summed E-state index contributed by atoms with van der Waals surface area (Å²) >= 11 is 0. The zero-order chi connectivity index (χ0) is 13.1. The van der Waals surface area contributed by atoms with Gasteiger partial charge in [0, 0.05) is 25.7 Å². The van der Waals surface area contributed by atoms with Gasteiger partial charge in [0.05, 0.1) is 6.33 Å². The smallest absolute Gasteiger partial charge is 0.279 e. The predicted molar refractivity (Wildman–Crippen MR) is 65.2 cm³/mol. The number of rotatable bonds is 5. The number of aryl methyl sites for hydroxylation is 2. The fraction of sp³-hybridized carbons (Fsp3) is 0.545. The molecule has 0 atom stereocenters. The van der Waals surface area contributed by atoms with E-state index in [1.165, 1.54) is 0 Å². The van der Waals surface area contributed by atoms with Crippen molar-refractivity contribution in [2.75, 3.05) is 13.2 Å². The van der Waals surface area contributed by atoms with E-state index in [1.807, 2.05) is 0 Å². The number of hydrogen-bond acceptors (Lipinski definition) is 5. The Morgan fingerprint density at radius 1 is 1.44 bits per heavy atom. The van der Waals surface area contributed by atoms with E-state index in [-0.39, 0.29) is 24.7 Å². The minimum absolute atomic E-state index is 0.0594. The molecule has 0 radical (unpaired) electrons. The largest absolute Gasteiger partial charge is 0.396 e. The summed E-state index contributed by atoms with van der Waals surface area (Å²) in [6.07, 6.45) is 2.16. The number of aromatic nitrogens is 4. The fourth-order valence-electron chi connectivity index (χ4n) is 1.79. The van der Waals surface area contributed by atoms with E-state index in [1.54, 1.807) is 17.8 Å². The number of nitrogens with zero attached hydrogens (tertiary/aromatic N) is 3. The quantitative estimate of drug-likeness (QED) is 0.660. The molecule has 7 heteroatoms. The number of aromatic amines is 1. The number of hydrogen-bond donors (Lipinski definition) is 3. The van der Waals surface area contributed by atoms with Gasteiger partial charge in [-0.05, 0) is 13.3 Å². The lowest BCUT2D eigenvalue weighted by Crippen LogP contribution is -2.15. The molecule has 2 heterocycles. The molecule has 98 valence electrons. The van der Waals surface area contributed by atoms with Gasteiger partial charge in [0.25, 0.3) is 5.56 Å². The molecule has 0 unspecified atom stereocenters. The van der Waals surface area contributed by atoms with Crippen molar-refractivity contribution in [3.63, 3.8) is 0 Å². The van der Waals surface area contributed by atoms with Gasteiger partial charge in [-0.3, -0.25) is 4.79 Å². The molecule has 2 rings (SSSR count). The Balaban J connectivity index is 2.27. The van der Waals surface area contributed by atoms with E-state index in [9.17, 15) is 4.79 Å². The van der Waals surface area contributed by atoms with Gasteiger partial charge in [-0.2, -0.15) is 0 Å². The molecule has 0 fully saturated rings. The van der Waals surface area contributed by atoms with E-state index >= 15 is 0 Å². The molecule has 0 saturated heterocycles. The van der Waals surface area contributed by atoms with Gasteiger partial charge >= 0.3 is 0 Å². The van der Waals surface area contributed by atoms with Gasteiger partial charge in [-0.15, -0.1) is 0 Å². The van der Waals surface area contributed by atoms with Crippen LogP contribution in [0.5, 0.6) is 0 Å². The zero-order valence-electron chi connectivity index (χ0n) is 10.1. The fourth-order valence-corrected chi connectivity index (χ4v) is 1.79. The van der Waals surface area contributed by atoms with Crippen LogP contribution < -0.4 is 5.56 Å². The van der Waals surface area contributed by atoms with Crippen LogP contribution in [-0.2, 0) is 6.54 Å². The van der Waals surface area contributed by atoms with Gasteiger partial charge in [0.15, 0.2) is 11.2 Å². The Bertz CT molecular complexity index is 585. The van der Waals surface area contributed by atoms with Gasteiger partial charge in [0.1, 0.15) is 5.82 Å². The first kappa shape index (κ1) is 12.7. The Morgan fingerprint density at radius 2 is 2.17 bits per heavy atom. The Hall–Kier alpha value is -1.73. The Labute approximate surface area is 103 Å². The van der Waals surface area contributed by atoms with Gasteiger partial charge < -0.3 is 19.8 Å². The highest BCUT2D eigenvalue weighted by molar-refractivity contribution is 5.69. The molecule has 0 aromatic carbocycles. The van der Waals surface area contributed by atoms with Crippen LogP contribution in [0.2, 0.25) is 0 Å². The van der Waals surface area contributed by atoms with Crippen LogP contribution in [0.15, 0.2) is 11.1 Å². The van der Waals surface area contributed by atoms with Crippen molar-refractivity contribution in [3.05, 3.63) is 22.5 Å². The van der Waals surface area contributed by atoms with Crippen molar-refractivity contribution < 1.29 is 10.2 Å². The number of nitrogens with one attached hydrogen (secondary N) is 1. The monoisotopic (exact) mass is 252 g/mol. The second-order valence-corrected chi connectivity index (χ2v) is 4.28. The second kappa shape index (κ2) is 5.28. The topological polar surface area (TPSA) is 104 Å². The molecule has 0 aliphatic carbocycles. The SMILES string of the molecule is Cc1nc2c(ncn2CCC(CO)CO)c(=O)[nH]1. The maximum Gasteiger partial charge on any atom is 0.279 e. The normalized spacial score (nSPS) is 11.6. The molecular weight excluding hydrogens is 236 g/mol. The first-order valence-electron chi connectivity index (χ1n) is 5.79. The van der Waals surface area contributed by atoms with Gasteiger partial charge in [0.2, 0.25) is 0 Å². The lowest BCUT2D eigenvalue weighted by Gasteiger charge is -2.10. The van der Waals surface area contributed by atoms with Crippen molar-refractivity contribution in [1.82, 2.24) is 19.5 Å². The maximum absolute atomic E-state index is 11.6. The molecule has 0 saturated carbocycles. The lowest BCUT2D eigenvalue weighted by molar-refractivity contribution is 0.140. The highest BCUT2D eigenvalue weighted by Crippen LogP contribution is 2.09. The summed E-state index contributed by atoms with van der Waals surface area (Å²) in [6, 6.07) is 0. The number of aliphatic hydroxyl groups excluding tert-OH is 2. The highest BCUT2D eigenvalue weighted by atomic mass is 16.3. The Kier molecular flexibility index (Phi) is 3.73. The molecule has 3 N–H and O–H groups in total. The van der Waals surface area contributed by atoms with Crippen molar-refractivity contribution in [2.24, 2.45) is 5.92 Å². The molecule has 7 nitrogen and oxygen atoms in total. The summed E-state index contributed by atoms with van der Waals surface area (Å²) in [7, 11) is 0. The first-order chi connectivity index (χ1) is 8.65. The van der Waals surface area contributed by atoms with E-state index in [2.05, 4.69) is 15.0 Å². The summed E-state index contributed by atoms with van der Waals surface area (Å²) in [6.45, 7) is 2.15. The van der Waals surface area contributed by atoms with Crippen LogP contribution in [0.4, 0.5) is 0 Å². The third kappa shape index (κ3) is 2.41. The molecule has 2 aromatic heterocycles. The average molecular weight is 252 g/mol. The summed E-state index contributed by atoms with van der Waals surface area (Å²) < 4.78 is 1.76. The van der Waals surface area contributed by atoms with Crippen LogP contribution in [0.25, 0.3) is 11.2 Å². The van der Waals surface area contributed by atoms with E-state index in [4.69, 9.17) is 10.2 Å². The third-order valence-electron chi connectivity index (χ3n) is 2.89. The predicted octanol–water partition coefficient (Wildman–Crippen LogP) is -0.581. The molecule has 0 spiro atoms. The number of H-pyrrole nitrogens is 1. The standard InChI is InChI=1S/C11H16N4O3/c1-7-13-10-9(11(18)14-7)12-6-15(10)3-2-8(4-16)5-17/h6,8,16-17H,2-5H2,1H3,(H,13,14,18). The number of aliphatic hydroxyl groups is 2. The molecule has 0 aliphatic rings. The van der Waals surface area contributed by atoms with Crippen molar-refractivity contribution in [1.29, 1.82) is 0 Å². The summed E-state index contributed by atoms with van der Waals surface area (Å²) in [5, 5.41) is 18.0. The molecular formula is C11H16N4O3. The van der Waals surface area contributed by atoms with Gasteiger partial charge in [-0.1, -0.05) is 0 Å². The van der Waals surface area contributed by atoms with Crippen LogP contribution >= 0.6 is 0 Å². The lowest BCUT2D eigenvalue weighted by atomic mass is 10.1. The Morgan fingerprint density at radius 3 is 2.83 bits per heavy atom. The molecule has 0 bridgehead atoms. The van der Waals surface area contributed by atoms with E-state index in [0.717, 1.165) is 0 Å². The molecule has 18 heavy (non-hydrogen) atoms. The minimum Gasteiger partial charge on any atom is -0.396 e. The molecule has 0 amide bonds. The number of fused-ring (bicyclic) bond motifs is 1. The van der Waals surface area contributed by atoms with Crippen LogP contribution in [0.1, 0.15) is 12.2 Å². The third-order valence-corrected chi connectivity index (χ3v) is 2.89. The van der Waals surface area contributed by atoms with E-state index < -0.39 is 0 Å². The zero-order valence-corrected chi connectivity index (χ0v) is 10.1. The van der Waals surface area contributed by atoms with Gasteiger partial charge in [-0.25, -0.2) is 9.97 Å². The summed E-state index contributed by atoms with van der Waals surface area (Å²) in [4.78, 5) is 22.5. The second-order valence-electron chi connectivity index (χ2n) is 4.28. The van der Waals surface area contributed by atoms with E-state index in [0.29, 0.717) is 30.0 Å². The van der Waals surface area contributed by atoms with Crippen LogP contribution in [-0.4, -0.2) is 42.9 Å². The molecule has 2 aromatic rings. The first-order valence-corrected chi connectivity index (χ1v) is 5.79. The summed E-state index contributed by atoms with van der Waals surface area (Å²) in [5.41, 5.74) is 0.591.